The van der Waals surface area contributed by atoms with E-state index in [0.29, 0.717) is 37.3 Å². The van der Waals surface area contributed by atoms with Gasteiger partial charge in [0.2, 0.25) is 0 Å². The number of nitro benzene ring substituents is 1. The summed E-state index contributed by atoms with van der Waals surface area (Å²) in [6.07, 6.45) is -2.57. The molecule has 2 rings (SSSR count). The second kappa shape index (κ2) is 9.19. The minimum Gasteiger partial charge on any atom is -0.314 e. The Morgan fingerprint density at radius 3 is 2.36 bits per heavy atom. The van der Waals surface area contributed by atoms with Crippen LogP contribution in [0.1, 0.15) is 17.2 Å². The molecule has 22 heavy (non-hydrogen) atoms. The standard InChI is InChI=1S/C13H17F2N3O2.2ClH/c1-9-2-3-10(8-11(9)18(19)20)12(13(14)15)17-6-4-16-5-7-17;;/h2-3,8,12-13,16H,4-7H2,1H3;2*1H/t12-;;/m0../s1. The smallest absolute Gasteiger partial charge is 0.272 e. The Morgan fingerprint density at radius 2 is 1.86 bits per heavy atom. The van der Waals surface area contributed by atoms with Crippen LogP contribution in [-0.4, -0.2) is 42.4 Å². The van der Waals surface area contributed by atoms with E-state index in [2.05, 4.69) is 5.32 Å². The average molecular weight is 358 g/mol. The number of nitro groups is 1. The van der Waals surface area contributed by atoms with E-state index in [9.17, 15) is 18.9 Å². The number of hydrogen-bond acceptors (Lipinski definition) is 4. The zero-order valence-corrected chi connectivity index (χ0v) is 13.6. The van der Waals surface area contributed by atoms with Crippen LogP contribution in [-0.2, 0) is 0 Å². The molecular formula is C13H19Cl2F2N3O2. The van der Waals surface area contributed by atoms with Crippen LogP contribution in [0.4, 0.5) is 14.5 Å². The summed E-state index contributed by atoms with van der Waals surface area (Å²) < 4.78 is 26.7. The zero-order valence-electron chi connectivity index (χ0n) is 12.0. The molecule has 1 saturated heterocycles. The Bertz CT molecular complexity index is 500. The molecule has 9 heteroatoms. The highest BCUT2D eigenvalue weighted by molar-refractivity contribution is 5.85. The number of aryl methyl sites for hydroxylation is 1. The van der Waals surface area contributed by atoms with Gasteiger partial charge >= 0.3 is 0 Å². The Balaban J connectivity index is 0.00000220. The number of halogens is 4. The summed E-state index contributed by atoms with van der Waals surface area (Å²) in [6, 6.07) is 3.27. The third-order valence-electron chi connectivity index (χ3n) is 3.56. The molecule has 1 N–H and O–H groups in total. The molecule has 0 unspecified atom stereocenters. The SMILES string of the molecule is Cc1ccc([C@@H](C(F)F)N2CCNCC2)cc1[N+](=O)[O-].Cl.Cl. The van der Waals surface area contributed by atoms with Gasteiger partial charge in [-0.3, -0.25) is 15.0 Å². The van der Waals surface area contributed by atoms with Gasteiger partial charge in [-0.15, -0.1) is 24.8 Å². The molecule has 126 valence electrons. The highest BCUT2D eigenvalue weighted by Gasteiger charge is 2.31. The predicted octanol–water partition coefficient (Wildman–Crippen LogP) is 2.96. The highest BCUT2D eigenvalue weighted by Crippen LogP contribution is 2.31. The number of benzene rings is 1. The fraction of sp³-hybridized carbons (Fsp3) is 0.538. The number of hydrogen-bond donors (Lipinski definition) is 1. The van der Waals surface area contributed by atoms with Crippen molar-refractivity contribution in [3.05, 3.63) is 39.4 Å². The van der Waals surface area contributed by atoms with Crippen LogP contribution in [0, 0.1) is 17.0 Å². The van der Waals surface area contributed by atoms with Gasteiger partial charge in [-0.2, -0.15) is 0 Å². The van der Waals surface area contributed by atoms with Crippen molar-refractivity contribution in [2.24, 2.45) is 0 Å². The first-order valence-corrected chi connectivity index (χ1v) is 6.48. The summed E-state index contributed by atoms with van der Waals surface area (Å²) in [6.45, 7) is 3.92. The fourth-order valence-corrected chi connectivity index (χ4v) is 2.48. The Hall–Kier alpha value is -1.02. The van der Waals surface area contributed by atoms with E-state index in [0.717, 1.165) is 0 Å². The fourth-order valence-electron chi connectivity index (χ4n) is 2.48. The van der Waals surface area contributed by atoms with E-state index < -0.39 is 17.4 Å². The average Bonchev–Trinajstić information content (AvgIpc) is 2.41. The largest absolute Gasteiger partial charge is 0.314 e. The Kier molecular flexibility index (Phi) is 8.77. The lowest BCUT2D eigenvalue weighted by atomic mass is 10.0. The summed E-state index contributed by atoms with van der Waals surface area (Å²) in [5, 5.41) is 14.0. The maximum atomic E-state index is 13.4. The van der Waals surface area contributed by atoms with Crippen LogP contribution < -0.4 is 5.32 Å². The van der Waals surface area contributed by atoms with Gasteiger partial charge in [0.1, 0.15) is 0 Å². The second-order valence-electron chi connectivity index (χ2n) is 4.87. The molecule has 0 radical (unpaired) electrons. The van der Waals surface area contributed by atoms with E-state index in [1.807, 2.05) is 0 Å². The minimum absolute atomic E-state index is 0. The van der Waals surface area contributed by atoms with E-state index in [1.54, 1.807) is 17.9 Å². The van der Waals surface area contributed by atoms with Gasteiger partial charge < -0.3 is 5.32 Å². The van der Waals surface area contributed by atoms with Crippen molar-refractivity contribution in [2.75, 3.05) is 26.2 Å². The number of alkyl halides is 2. The molecular weight excluding hydrogens is 339 g/mol. The van der Waals surface area contributed by atoms with E-state index in [4.69, 9.17) is 0 Å². The highest BCUT2D eigenvalue weighted by atomic mass is 35.5. The van der Waals surface area contributed by atoms with Gasteiger partial charge in [-0.1, -0.05) is 12.1 Å². The van der Waals surface area contributed by atoms with Gasteiger partial charge in [0.05, 0.1) is 11.0 Å². The van der Waals surface area contributed by atoms with Crippen LogP contribution in [0.3, 0.4) is 0 Å². The molecule has 0 spiro atoms. The van der Waals surface area contributed by atoms with Crippen molar-refractivity contribution in [3.63, 3.8) is 0 Å². The Labute approximate surface area is 140 Å². The maximum absolute atomic E-state index is 13.4. The lowest BCUT2D eigenvalue weighted by molar-refractivity contribution is -0.385. The summed E-state index contributed by atoms with van der Waals surface area (Å²) >= 11 is 0. The molecule has 1 aromatic carbocycles. The van der Waals surface area contributed by atoms with Crippen molar-refractivity contribution >= 4 is 30.5 Å². The first-order valence-electron chi connectivity index (χ1n) is 6.48. The number of nitrogens with zero attached hydrogens (tertiary/aromatic N) is 2. The molecule has 0 aromatic heterocycles. The molecule has 1 atom stereocenters. The van der Waals surface area contributed by atoms with Crippen molar-refractivity contribution in [3.8, 4) is 0 Å². The third kappa shape index (κ3) is 4.74. The number of rotatable bonds is 4. The topological polar surface area (TPSA) is 58.4 Å². The van der Waals surface area contributed by atoms with Crippen molar-refractivity contribution < 1.29 is 13.7 Å². The van der Waals surface area contributed by atoms with Crippen LogP contribution in [0.5, 0.6) is 0 Å². The van der Waals surface area contributed by atoms with Crippen molar-refractivity contribution in [1.29, 1.82) is 0 Å². The lowest BCUT2D eigenvalue weighted by Gasteiger charge is -2.34. The van der Waals surface area contributed by atoms with Gasteiger partial charge in [-0.25, -0.2) is 8.78 Å². The molecule has 0 aliphatic carbocycles. The molecule has 0 amide bonds. The van der Waals surface area contributed by atoms with Crippen molar-refractivity contribution in [2.45, 2.75) is 19.4 Å². The summed E-state index contributed by atoms with van der Waals surface area (Å²) in [7, 11) is 0. The number of nitrogens with one attached hydrogen (secondary N) is 1. The molecule has 0 bridgehead atoms. The monoisotopic (exact) mass is 357 g/mol. The van der Waals surface area contributed by atoms with Crippen LogP contribution >= 0.6 is 24.8 Å². The van der Waals surface area contributed by atoms with Gasteiger partial charge in [0, 0.05) is 37.8 Å². The predicted molar refractivity (Wildman–Crippen MR) is 85.5 cm³/mol. The normalized spacial score (nSPS) is 16.5. The quantitative estimate of drug-likeness (QED) is 0.664. The molecule has 1 aromatic rings. The summed E-state index contributed by atoms with van der Waals surface area (Å²) in [5.74, 6) is 0. The molecule has 1 aliphatic heterocycles. The zero-order chi connectivity index (χ0) is 14.7. The van der Waals surface area contributed by atoms with E-state index in [1.165, 1.54) is 12.1 Å². The first-order chi connectivity index (χ1) is 9.50. The minimum atomic E-state index is -2.57. The molecule has 5 nitrogen and oxygen atoms in total. The summed E-state index contributed by atoms with van der Waals surface area (Å²) in [4.78, 5) is 12.1. The number of piperazine rings is 1. The maximum Gasteiger partial charge on any atom is 0.272 e. The molecule has 1 aliphatic rings. The van der Waals surface area contributed by atoms with Gasteiger partial charge in [0.15, 0.2) is 0 Å². The Morgan fingerprint density at radius 1 is 1.27 bits per heavy atom. The van der Waals surface area contributed by atoms with E-state index in [-0.39, 0.29) is 30.5 Å². The lowest BCUT2D eigenvalue weighted by Crippen LogP contribution is -2.46. The van der Waals surface area contributed by atoms with Crippen LogP contribution in [0.2, 0.25) is 0 Å². The third-order valence-corrected chi connectivity index (χ3v) is 3.56. The van der Waals surface area contributed by atoms with Crippen LogP contribution in [0.15, 0.2) is 18.2 Å². The van der Waals surface area contributed by atoms with E-state index >= 15 is 0 Å². The molecule has 0 saturated carbocycles. The van der Waals surface area contributed by atoms with Gasteiger partial charge in [0.25, 0.3) is 12.1 Å². The summed E-state index contributed by atoms with van der Waals surface area (Å²) in [5.41, 5.74) is 0.676. The van der Waals surface area contributed by atoms with Crippen LogP contribution in [0.25, 0.3) is 0 Å². The van der Waals surface area contributed by atoms with Gasteiger partial charge in [-0.05, 0) is 12.5 Å². The van der Waals surface area contributed by atoms with Crippen molar-refractivity contribution in [1.82, 2.24) is 10.2 Å². The molecule has 1 fully saturated rings. The second-order valence-corrected chi connectivity index (χ2v) is 4.87. The molecule has 1 heterocycles. The first kappa shape index (κ1) is 21.0.